The Morgan fingerprint density at radius 3 is 2.54 bits per heavy atom. The first-order valence-electron chi connectivity index (χ1n) is 7.46. The van der Waals surface area contributed by atoms with E-state index in [1.807, 2.05) is 19.1 Å². The Morgan fingerprint density at radius 1 is 1.25 bits per heavy atom. The van der Waals surface area contributed by atoms with Gasteiger partial charge in [-0.15, -0.1) is 0 Å². The number of anilines is 1. The predicted octanol–water partition coefficient (Wildman–Crippen LogP) is 2.85. The van der Waals surface area contributed by atoms with Crippen molar-refractivity contribution in [1.29, 1.82) is 0 Å². The zero-order valence-corrected chi connectivity index (χ0v) is 14.7. The molecule has 0 bridgehead atoms. The second kappa shape index (κ2) is 7.44. The van der Waals surface area contributed by atoms with E-state index in [1.54, 1.807) is 48.6 Å². The third-order valence-corrected chi connectivity index (χ3v) is 4.55. The minimum atomic E-state index is -3.12. The van der Waals surface area contributed by atoms with Crippen LogP contribution in [0.2, 0.25) is 0 Å². The molecule has 7 heteroatoms. The lowest BCUT2D eigenvalue weighted by atomic mass is 10.1. The summed E-state index contributed by atoms with van der Waals surface area (Å²) in [4.78, 5) is 18.0. The van der Waals surface area contributed by atoms with Crippen molar-refractivity contribution in [2.45, 2.75) is 18.7 Å². The zero-order chi connectivity index (χ0) is 17.7. The fourth-order valence-corrected chi connectivity index (χ4v) is 3.08. The van der Waals surface area contributed by atoms with Crippen LogP contribution >= 0.6 is 0 Å². The summed E-state index contributed by atoms with van der Waals surface area (Å²) in [7, 11) is -1.41. The normalized spacial score (nSPS) is 12.5. The summed E-state index contributed by atoms with van der Waals surface area (Å²) >= 11 is 0. The highest BCUT2D eigenvalue weighted by Crippen LogP contribution is 2.19. The van der Waals surface area contributed by atoms with Crippen molar-refractivity contribution < 1.29 is 13.2 Å². The van der Waals surface area contributed by atoms with E-state index in [-0.39, 0.29) is 17.8 Å². The number of carbonyl (C=O) groups is 1. The molecular formula is C17H21N3O3S. The fraction of sp³-hybridized carbons (Fsp3) is 0.294. The molecule has 0 spiro atoms. The molecule has 0 aliphatic rings. The fourth-order valence-electron chi connectivity index (χ4n) is 2.29. The van der Waals surface area contributed by atoms with Gasteiger partial charge in [-0.05, 0) is 42.3 Å². The Morgan fingerprint density at radius 2 is 1.92 bits per heavy atom. The number of aromatic nitrogens is 1. The second-order valence-corrected chi connectivity index (χ2v) is 7.91. The number of amides is 2. The van der Waals surface area contributed by atoms with Gasteiger partial charge in [0.05, 0.1) is 11.8 Å². The van der Waals surface area contributed by atoms with Crippen molar-refractivity contribution in [2.24, 2.45) is 0 Å². The van der Waals surface area contributed by atoms with Crippen molar-refractivity contribution in [2.75, 3.05) is 18.6 Å². The van der Waals surface area contributed by atoms with Gasteiger partial charge in [-0.3, -0.25) is 4.98 Å². The van der Waals surface area contributed by atoms with E-state index in [9.17, 15) is 13.2 Å². The average Bonchev–Trinajstić information content (AvgIpc) is 2.53. The van der Waals surface area contributed by atoms with Gasteiger partial charge in [-0.25, -0.2) is 13.2 Å². The summed E-state index contributed by atoms with van der Waals surface area (Å²) in [6, 6.07) is 10.2. The second-order valence-electron chi connectivity index (χ2n) is 5.77. The number of benzene rings is 1. The van der Waals surface area contributed by atoms with E-state index in [0.29, 0.717) is 11.3 Å². The molecule has 2 aromatic rings. The number of urea groups is 1. The summed E-state index contributed by atoms with van der Waals surface area (Å²) < 4.78 is 22.8. The van der Waals surface area contributed by atoms with Gasteiger partial charge in [0.2, 0.25) is 0 Å². The van der Waals surface area contributed by atoms with E-state index in [2.05, 4.69) is 10.3 Å². The Kier molecular flexibility index (Phi) is 5.56. The molecule has 1 aromatic carbocycles. The van der Waals surface area contributed by atoms with E-state index in [4.69, 9.17) is 0 Å². The summed E-state index contributed by atoms with van der Waals surface area (Å²) in [6.45, 7) is 1.93. The highest BCUT2D eigenvalue weighted by atomic mass is 32.2. The minimum absolute atomic E-state index is 0.0556. The van der Waals surface area contributed by atoms with Gasteiger partial charge >= 0.3 is 6.03 Å². The first kappa shape index (κ1) is 17.9. The van der Waals surface area contributed by atoms with Crippen LogP contribution in [0.15, 0.2) is 48.8 Å². The number of sulfone groups is 1. The highest BCUT2D eigenvalue weighted by molar-refractivity contribution is 7.89. The highest BCUT2D eigenvalue weighted by Gasteiger charge is 2.17. The molecule has 1 N–H and O–H groups in total. The van der Waals surface area contributed by atoms with E-state index < -0.39 is 9.84 Å². The van der Waals surface area contributed by atoms with Crippen molar-refractivity contribution in [3.8, 4) is 0 Å². The Bertz CT molecular complexity index is 807. The van der Waals surface area contributed by atoms with Crippen molar-refractivity contribution in [3.05, 3.63) is 59.9 Å². The molecule has 0 radical (unpaired) electrons. The number of nitrogens with zero attached hydrogens (tertiary/aromatic N) is 2. The molecule has 1 atom stereocenters. The molecular weight excluding hydrogens is 326 g/mol. The molecule has 0 fully saturated rings. The van der Waals surface area contributed by atoms with Crippen LogP contribution < -0.4 is 5.32 Å². The first-order valence-corrected chi connectivity index (χ1v) is 9.53. The van der Waals surface area contributed by atoms with Gasteiger partial charge in [0.25, 0.3) is 0 Å². The number of nitrogens with one attached hydrogen (secondary N) is 1. The lowest BCUT2D eigenvalue weighted by Crippen LogP contribution is -2.33. The summed E-state index contributed by atoms with van der Waals surface area (Å²) in [6.07, 6.45) is 4.56. The van der Waals surface area contributed by atoms with Crippen LogP contribution in [-0.2, 0) is 15.6 Å². The molecule has 128 valence electrons. The minimum Gasteiger partial charge on any atom is -0.321 e. The van der Waals surface area contributed by atoms with Gasteiger partial charge in [-0.1, -0.05) is 12.1 Å². The molecule has 1 heterocycles. The SMILES string of the molecule is CC(c1ccncc1)N(C)C(=O)Nc1cccc(CS(C)(=O)=O)c1. The summed E-state index contributed by atoms with van der Waals surface area (Å²) in [5.74, 6) is -0.0556. The van der Waals surface area contributed by atoms with Crippen molar-refractivity contribution in [3.63, 3.8) is 0 Å². The lowest BCUT2D eigenvalue weighted by molar-refractivity contribution is 0.208. The van der Waals surface area contributed by atoms with Crippen LogP contribution in [0.3, 0.4) is 0 Å². The topological polar surface area (TPSA) is 79.4 Å². The van der Waals surface area contributed by atoms with Crippen molar-refractivity contribution >= 4 is 21.6 Å². The van der Waals surface area contributed by atoms with Crippen LogP contribution in [0.25, 0.3) is 0 Å². The van der Waals surface area contributed by atoms with Crippen molar-refractivity contribution in [1.82, 2.24) is 9.88 Å². The Balaban J connectivity index is 2.07. The molecule has 0 saturated heterocycles. The average molecular weight is 347 g/mol. The van der Waals surface area contributed by atoms with Gasteiger partial charge in [0.1, 0.15) is 0 Å². The number of hydrogen-bond acceptors (Lipinski definition) is 4. The van der Waals surface area contributed by atoms with Crippen LogP contribution in [-0.4, -0.2) is 37.6 Å². The third kappa shape index (κ3) is 5.06. The molecule has 2 rings (SSSR count). The molecule has 0 saturated carbocycles. The quantitative estimate of drug-likeness (QED) is 0.902. The molecule has 1 aromatic heterocycles. The third-order valence-electron chi connectivity index (χ3n) is 3.70. The van der Waals surface area contributed by atoms with E-state index in [1.165, 1.54) is 6.26 Å². The molecule has 0 aliphatic carbocycles. The van der Waals surface area contributed by atoms with Gasteiger partial charge in [0.15, 0.2) is 9.84 Å². The summed E-state index contributed by atoms with van der Waals surface area (Å²) in [5.41, 5.74) is 2.18. The zero-order valence-electron chi connectivity index (χ0n) is 13.9. The largest absolute Gasteiger partial charge is 0.322 e. The standard InChI is InChI=1S/C17H21N3O3S/c1-13(15-7-9-18-10-8-15)20(2)17(21)19-16-6-4-5-14(11-16)12-24(3,22)23/h4-11,13H,12H2,1-3H3,(H,19,21). The van der Waals surface area contributed by atoms with E-state index >= 15 is 0 Å². The molecule has 6 nitrogen and oxygen atoms in total. The van der Waals surface area contributed by atoms with Gasteiger partial charge < -0.3 is 10.2 Å². The Hall–Kier alpha value is -2.41. The van der Waals surface area contributed by atoms with Crippen LogP contribution in [0.4, 0.5) is 10.5 Å². The maximum absolute atomic E-state index is 12.4. The first-order chi connectivity index (χ1) is 11.3. The molecule has 2 amide bonds. The number of carbonyl (C=O) groups excluding carboxylic acids is 1. The maximum Gasteiger partial charge on any atom is 0.322 e. The monoisotopic (exact) mass is 347 g/mol. The number of pyridine rings is 1. The molecule has 24 heavy (non-hydrogen) atoms. The molecule has 1 unspecified atom stereocenters. The predicted molar refractivity (Wildman–Crippen MR) is 94.4 cm³/mol. The lowest BCUT2D eigenvalue weighted by Gasteiger charge is -2.25. The molecule has 0 aliphatic heterocycles. The Labute approximate surface area is 142 Å². The number of hydrogen-bond donors (Lipinski definition) is 1. The number of rotatable bonds is 5. The van der Waals surface area contributed by atoms with Gasteiger partial charge in [-0.2, -0.15) is 0 Å². The smallest absolute Gasteiger partial charge is 0.321 e. The van der Waals surface area contributed by atoms with E-state index in [0.717, 1.165) is 5.56 Å². The van der Waals surface area contributed by atoms with Crippen LogP contribution in [0.5, 0.6) is 0 Å². The van der Waals surface area contributed by atoms with Crippen LogP contribution in [0, 0.1) is 0 Å². The van der Waals surface area contributed by atoms with Crippen LogP contribution in [0.1, 0.15) is 24.1 Å². The van der Waals surface area contributed by atoms with Gasteiger partial charge in [0, 0.05) is 31.4 Å². The summed E-state index contributed by atoms with van der Waals surface area (Å²) in [5, 5.41) is 2.80. The maximum atomic E-state index is 12.4.